The lowest BCUT2D eigenvalue weighted by molar-refractivity contribution is -0.147. The van der Waals surface area contributed by atoms with Crippen LogP contribution in [0, 0.1) is 5.41 Å². The van der Waals surface area contributed by atoms with E-state index < -0.39 is 115 Å². The van der Waals surface area contributed by atoms with E-state index in [0.29, 0.717) is 5.75 Å². The van der Waals surface area contributed by atoms with Crippen molar-refractivity contribution < 1.29 is 100 Å². The van der Waals surface area contributed by atoms with Crippen molar-refractivity contribution in [3.05, 3.63) is 12.7 Å². The first-order chi connectivity index (χ1) is 28.2. The summed E-state index contributed by atoms with van der Waals surface area (Å²) in [7, 11) is -16.5. The Hall–Kier alpha value is -3.70. The van der Waals surface area contributed by atoms with Crippen LogP contribution in [0.15, 0.2) is 12.7 Å². The fourth-order valence-electron chi connectivity index (χ4n) is 5.11. The molecule has 0 saturated carbocycles. The van der Waals surface area contributed by atoms with Gasteiger partial charge in [0.1, 0.15) is 42.3 Å². The lowest BCUT2D eigenvalue weighted by Gasteiger charge is -2.30. The number of fused-ring (bicyclic) bond motifs is 1. The van der Waals surface area contributed by atoms with E-state index in [1.807, 2.05) is 0 Å². The molecule has 1 saturated heterocycles. The van der Waals surface area contributed by atoms with Crippen molar-refractivity contribution in [2.75, 3.05) is 43.5 Å². The Kier molecular flexibility index (Phi) is 18.7. The first-order valence-electron chi connectivity index (χ1n) is 17.4. The Morgan fingerprint density at radius 2 is 1.64 bits per heavy atom. The van der Waals surface area contributed by atoms with E-state index in [-0.39, 0.29) is 48.7 Å². The van der Waals surface area contributed by atoms with E-state index in [9.17, 15) is 67.5 Å². The van der Waals surface area contributed by atoms with Crippen LogP contribution >= 0.6 is 35.2 Å². The number of hydrogen-bond donors (Lipinski definition) is 12. The van der Waals surface area contributed by atoms with Gasteiger partial charge in [0.25, 0.3) is 0 Å². The quantitative estimate of drug-likeness (QED) is 0.0345. The van der Waals surface area contributed by atoms with Crippen LogP contribution in [0.4, 0.5) is 5.82 Å². The molecule has 0 bridgehead atoms. The highest BCUT2D eigenvalue weighted by molar-refractivity contribution is 7.99. The second kappa shape index (κ2) is 22.1. The number of amides is 3. The molecule has 2 aromatic heterocycles. The molecule has 1 aliphatic rings. The van der Waals surface area contributed by atoms with Crippen LogP contribution in [-0.2, 0) is 60.3 Å². The van der Waals surface area contributed by atoms with Crippen LogP contribution in [0.1, 0.15) is 39.3 Å². The van der Waals surface area contributed by atoms with Crippen LogP contribution in [0.3, 0.4) is 0 Å². The number of carbonyl (C=O) groups is 5. The Labute approximate surface area is 348 Å². The highest BCUT2D eigenvalue weighted by atomic mass is 32.2. The number of carboxylic acid groups (broad SMARTS) is 2. The zero-order valence-electron chi connectivity index (χ0n) is 32.0. The number of hydrogen-bond acceptors (Lipinski definition) is 20. The Balaban J connectivity index is 1.42. The second-order valence-corrected chi connectivity index (χ2v) is 18.9. The summed E-state index contributed by atoms with van der Waals surface area (Å²) in [5.74, 6) is -4.56. The molecule has 61 heavy (non-hydrogen) atoms. The molecule has 8 atom stereocenters. The number of imidazole rings is 1. The Morgan fingerprint density at radius 3 is 2.28 bits per heavy atom. The van der Waals surface area contributed by atoms with Gasteiger partial charge in [-0.15, -0.1) is 0 Å². The smallest absolute Gasteiger partial charge is 0.481 e. The van der Waals surface area contributed by atoms with Gasteiger partial charge in [0, 0.05) is 42.9 Å². The fourth-order valence-corrected chi connectivity index (χ4v) is 8.72. The molecular formula is C28H45N8O21P3S. The van der Waals surface area contributed by atoms with Gasteiger partial charge >= 0.3 is 35.4 Å². The van der Waals surface area contributed by atoms with Crippen molar-refractivity contribution in [1.29, 1.82) is 0 Å². The molecule has 3 amide bonds. The first kappa shape index (κ1) is 51.6. The minimum Gasteiger partial charge on any atom is -0.481 e. The fraction of sp³-hybridized carbons (Fsp3) is 0.643. The van der Waals surface area contributed by atoms with E-state index in [2.05, 4.69) is 39.7 Å². The summed E-state index contributed by atoms with van der Waals surface area (Å²) in [4.78, 5) is 109. The number of phosphoric acid groups is 3. The van der Waals surface area contributed by atoms with Gasteiger partial charge in [0.05, 0.1) is 26.0 Å². The third-order valence-corrected chi connectivity index (χ3v) is 12.2. The maximum atomic E-state index is 12.7. The van der Waals surface area contributed by atoms with Crippen molar-refractivity contribution in [2.45, 2.75) is 69.8 Å². The number of aliphatic carboxylic acids is 2. The van der Waals surface area contributed by atoms with Gasteiger partial charge in [-0.1, -0.05) is 13.8 Å². The van der Waals surface area contributed by atoms with Gasteiger partial charge in [0.2, 0.25) is 17.7 Å². The largest absolute Gasteiger partial charge is 0.481 e. The first-order valence-corrected chi connectivity index (χ1v) is 23.1. The molecule has 3 rings (SSSR count). The summed E-state index contributed by atoms with van der Waals surface area (Å²) < 4.78 is 62.0. The van der Waals surface area contributed by atoms with Crippen molar-refractivity contribution in [2.24, 2.45) is 5.41 Å². The Bertz CT molecular complexity index is 2040. The number of nitrogen functional groups attached to an aromatic ring is 1. The number of anilines is 1. The molecule has 2 unspecified atom stereocenters. The molecule has 1 aliphatic heterocycles. The number of nitrogens with two attached hydrogens (primary N) is 1. The molecule has 13 N–H and O–H groups in total. The maximum Gasteiger partial charge on any atom is 0.481 e. The molecule has 0 aliphatic carbocycles. The van der Waals surface area contributed by atoms with Gasteiger partial charge in [0.15, 0.2) is 17.7 Å². The minimum atomic E-state index is -5.61. The standard InChI is InChI=1S/C28H45N8O21P3S/c1-28(2,22(42)25(43)31-5-3-16(37)30-6-8-61-7-4-17(38)35-14(27(44)45)9-18(39)40)11-54-60(51,52)57-59(49,50)53-10-15-21(56-58(46,47)48)20(41)26(55-15)36-13-34-19-23(29)32-12-33-24(19)36/h12-15,20-22,26,41-42H,3-11H2,1-2H3,(H,30,37)(H,31,43)(H,35,38)(H,39,40)(H,44,45)(H,49,50)(H,51,52)(H2,29,32,33)(H2,46,47,48)/t14-,15+,20+,21+,22-,26+/m0/s1. The predicted molar refractivity (Wildman–Crippen MR) is 203 cm³/mol. The number of nitrogens with one attached hydrogen (secondary N) is 3. The number of aliphatic hydroxyl groups is 2. The summed E-state index contributed by atoms with van der Waals surface area (Å²) in [6.45, 7) is 0.230. The maximum absolute atomic E-state index is 12.7. The van der Waals surface area contributed by atoms with Crippen molar-refractivity contribution >= 4 is 81.9 Å². The third-order valence-electron chi connectivity index (χ3n) is 8.13. The highest BCUT2D eigenvalue weighted by Gasteiger charge is 2.50. The predicted octanol–water partition coefficient (Wildman–Crippen LogP) is -2.43. The molecule has 1 fully saturated rings. The summed E-state index contributed by atoms with van der Waals surface area (Å²) in [6, 6.07) is -1.57. The van der Waals surface area contributed by atoms with E-state index in [1.54, 1.807) is 0 Å². The SMILES string of the molecule is CC(C)(COP(=O)(O)OP(=O)(O)OC[C@H]1O[C@@H](n2cnc3c(N)ncnc32)[C@H](O)[C@@H]1OP(=O)(O)O)[C@@H](O)C(=O)NCCC(=O)NCCSCCC(=O)N[C@@H](CC(=O)O)C(=O)O. The minimum absolute atomic E-state index is 0.0120. The molecule has 2 aromatic rings. The normalized spacial score (nSPS) is 21.2. The third kappa shape index (κ3) is 16.5. The summed E-state index contributed by atoms with van der Waals surface area (Å²) in [5.41, 5.74) is 4.17. The lowest BCUT2D eigenvalue weighted by Crippen LogP contribution is -2.46. The zero-order chi connectivity index (χ0) is 45.9. The molecule has 29 nitrogen and oxygen atoms in total. The van der Waals surface area contributed by atoms with E-state index in [4.69, 9.17) is 29.7 Å². The molecular weight excluding hydrogens is 909 g/mol. The molecule has 33 heteroatoms. The van der Waals surface area contributed by atoms with Gasteiger partial charge in [-0.25, -0.2) is 33.4 Å². The highest BCUT2D eigenvalue weighted by Crippen LogP contribution is 2.61. The Morgan fingerprint density at radius 1 is 0.967 bits per heavy atom. The van der Waals surface area contributed by atoms with Crippen LogP contribution in [-0.4, -0.2) is 157 Å². The number of aromatic nitrogens is 4. The number of thioether (sulfide) groups is 1. The van der Waals surface area contributed by atoms with Gasteiger partial charge < -0.3 is 66.4 Å². The van der Waals surface area contributed by atoms with Crippen LogP contribution < -0.4 is 21.7 Å². The zero-order valence-corrected chi connectivity index (χ0v) is 35.5. The van der Waals surface area contributed by atoms with E-state index >= 15 is 0 Å². The summed E-state index contributed by atoms with van der Waals surface area (Å²) >= 11 is 1.24. The van der Waals surface area contributed by atoms with Crippen LogP contribution in [0.25, 0.3) is 11.2 Å². The van der Waals surface area contributed by atoms with Crippen molar-refractivity contribution in [3.63, 3.8) is 0 Å². The van der Waals surface area contributed by atoms with Gasteiger partial charge in [-0.3, -0.25) is 37.3 Å². The number of aliphatic hydroxyl groups excluding tert-OH is 2. The number of phosphoric ester groups is 3. The molecule has 0 spiro atoms. The van der Waals surface area contributed by atoms with Crippen molar-refractivity contribution in [3.8, 4) is 0 Å². The average Bonchev–Trinajstić information content (AvgIpc) is 3.70. The van der Waals surface area contributed by atoms with E-state index in [1.165, 1.54) is 25.6 Å². The number of nitrogens with zero attached hydrogens (tertiary/aromatic N) is 4. The molecule has 3 heterocycles. The number of ether oxygens (including phenoxy) is 1. The number of rotatable bonds is 26. The topological polar surface area (TPSA) is 450 Å². The summed E-state index contributed by atoms with van der Waals surface area (Å²) in [6.07, 6.45) is -8.06. The monoisotopic (exact) mass is 954 g/mol. The molecule has 0 aromatic carbocycles. The molecule has 0 radical (unpaired) electrons. The second-order valence-electron chi connectivity index (χ2n) is 13.5. The molecule has 344 valence electrons. The van der Waals surface area contributed by atoms with E-state index in [0.717, 1.165) is 17.2 Å². The van der Waals surface area contributed by atoms with Crippen LogP contribution in [0.5, 0.6) is 0 Å². The lowest BCUT2D eigenvalue weighted by atomic mass is 9.87. The van der Waals surface area contributed by atoms with Gasteiger partial charge in [-0.05, 0) is 0 Å². The van der Waals surface area contributed by atoms with Crippen molar-refractivity contribution in [1.82, 2.24) is 35.5 Å². The van der Waals surface area contributed by atoms with Crippen LogP contribution in [0.2, 0.25) is 0 Å². The summed E-state index contributed by atoms with van der Waals surface area (Å²) in [5, 5.41) is 46.1. The average molecular weight is 955 g/mol. The number of carbonyl (C=O) groups excluding carboxylic acids is 3. The number of carboxylic acids is 2. The van der Waals surface area contributed by atoms with Gasteiger partial charge in [-0.2, -0.15) is 16.1 Å².